The fourth-order valence-electron chi connectivity index (χ4n) is 3.28. The molecular weight excluding hydrogens is 254 g/mol. The van der Waals surface area contributed by atoms with Crippen molar-refractivity contribution in [3.63, 3.8) is 0 Å². The molecule has 1 aromatic heterocycles. The van der Waals surface area contributed by atoms with Crippen molar-refractivity contribution in [2.75, 3.05) is 6.61 Å². The summed E-state index contributed by atoms with van der Waals surface area (Å²) in [6, 6.07) is 0.0877. The smallest absolute Gasteiger partial charge is 0.138 e. The van der Waals surface area contributed by atoms with E-state index in [1.165, 1.54) is 12.8 Å². The van der Waals surface area contributed by atoms with E-state index in [9.17, 15) is 0 Å². The zero-order valence-corrected chi connectivity index (χ0v) is 12.6. The maximum Gasteiger partial charge on any atom is 0.138 e. The lowest BCUT2D eigenvalue weighted by molar-refractivity contribution is -0.0619. The number of hydrogen-bond donors (Lipinski definition) is 2. The van der Waals surface area contributed by atoms with E-state index in [2.05, 4.69) is 22.4 Å². The standard InChI is InChI=1S/C14H27N5O/c1-3-9-19-13(16-11-17-19)10-12(18-15)14(20-4-2)7-5-6-8-14/h11-12,18H,3-10,15H2,1-2H3. The molecule has 114 valence electrons. The lowest BCUT2D eigenvalue weighted by Crippen LogP contribution is -2.55. The second kappa shape index (κ2) is 7.15. The molecule has 1 atom stereocenters. The van der Waals surface area contributed by atoms with Crippen LogP contribution in [0.1, 0.15) is 51.8 Å². The number of aromatic nitrogens is 3. The van der Waals surface area contributed by atoms with Gasteiger partial charge in [0, 0.05) is 19.6 Å². The minimum atomic E-state index is -0.146. The molecule has 6 nitrogen and oxygen atoms in total. The highest BCUT2D eigenvalue weighted by Gasteiger charge is 2.42. The first-order valence-electron chi connectivity index (χ1n) is 7.72. The van der Waals surface area contributed by atoms with Crippen molar-refractivity contribution >= 4 is 0 Å². The van der Waals surface area contributed by atoms with Crippen LogP contribution in [-0.4, -0.2) is 33.0 Å². The predicted molar refractivity (Wildman–Crippen MR) is 78.0 cm³/mol. The van der Waals surface area contributed by atoms with Crippen molar-refractivity contribution in [3.8, 4) is 0 Å². The number of hydrogen-bond acceptors (Lipinski definition) is 5. The van der Waals surface area contributed by atoms with Gasteiger partial charge in [-0.1, -0.05) is 19.8 Å². The van der Waals surface area contributed by atoms with Crippen LogP contribution < -0.4 is 11.3 Å². The summed E-state index contributed by atoms with van der Waals surface area (Å²) in [5.74, 6) is 6.81. The van der Waals surface area contributed by atoms with E-state index in [0.29, 0.717) is 0 Å². The molecule has 1 unspecified atom stereocenters. The molecular formula is C14H27N5O. The van der Waals surface area contributed by atoms with Gasteiger partial charge in [0.2, 0.25) is 0 Å². The van der Waals surface area contributed by atoms with Gasteiger partial charge < -0.3 is 4.74 Å². The van der Waals surface area contributed by atoms with Crippen molar-refractivity contribution in [2.45, 2.75) is 70.6 Å². The van der Waals surface area contributed by atoms with Crippen LogP contribution in [0.15, 0.2) is 6.33 Å². The second-order valence-electron chi connectivity index (χ2n) is 5.53. The molecule has 1 saturated carbocycles. The molecule has 0 spiro atoms. The summed E-state index contributed by atoms with van der Waals surface area (Å²) in [5, 5.41) is 4.28. The number of rotatable bonds is 8. The summed E-state index contributed by atoms with van der Waals surface area (Å²) in [5.41, 5.74) is 2.82. The molecule has 1 heterocycles. The predicted octanol–water partition coefficient (Wildman–Crippen LogP) is 1.41. The fourth-order valence-corrected chi connectivity index (χ4v) is 3.28. The lowest BCUT2D eigenvalue weighted by atomic mass is 9.89. The second-order valence-corrected chi connectivity index (χ2v) is 5.53. The molecule has 1 fully saturated rings. The number of aryl methyl sites for hydroxylation is 1. The maximum absolute atomic E-state index is 6.09. The Labute approximate surface area is 121 Å². The van der Waals surface area contributed by atoms with Crippen LogP contribution in [0.3, 0.4) is 0 Å². The highest BCUT2D eigenvalue weighted by atomic mass is 16.5. The first-order chi connectivity index (χ1) is 9.75. The van der Waals surface area contributed by atoms with E-state index in [0.717, 1.165) is 44.7 Å². The quantitative estimate of drug-likeness (QED) is 0.556. The summed E-state index contributed by atoms with van der Waals surface area (Å²) in [7, 11) is 0. The first kappa shape index (κ1) is 15.4. The zero-order chi connectivity index (χ0) is 14.4. The highest BCUT2D eigenvalue weighted by molar-refractivity contribution is 5.02. The summed E-state index contributed by atoms with van der Waals surface area (Å²) in [6.45, 7) is 5.81. The van der Waals surface area contributed by atoms with E-state index >= 15 is 0 Å². The van der Waals surface area contributed by atoms with Gasteiger partial charge in [0.05, 0.1) is 11.6 Å². The van der Waals surface area contributed by atoms with E-state index in [1.807, 2.05) is 11.6 Å². The summed E-state index contributed by atoms with van der Waals surface area (Å²) < 4.78 is 8.06. The molecule has 0 radical (unpaired) electrons. The van der Waals surface area contributed by atoms with Crippen molar-refractivity contribution in [2.24, 2.45) is 5.84 Å². The van der Waals surface area contributed by atoms with Gasteiger partial charge in [0.15, 0.2) is 0 Å². The van der Waals surface area contributed by atoms with Crippen LogP contribution in [0.5, 0.6) is 0 Å². The van der Waals surface area contributed by atoms with Gasteiger partial charge in [0.25, 0.3) is 0 Å². The highest BCUT2D eigenvalue weighted by Crippen LogP contribution is 2.37. The van der Waals surface area contributed by atoms with Gasteiger partial charge in [-0.05, 0) is 26.2 Å². The molecule has 1 aromatic rings. The fraction of sp³-hybridized carbons (Fsp3) is 0.857. The normalized spacial score (nSPS) is 19.4. The van der Waals surface area contributed by atoms with Crippen LogP contribution >= 0.6 is 0 Å². The Hall–Kier alpha value is -0.980. The van der Waals surface area contributed by atoms with Crippen molar-refractivity contribution in [1.29, 1.82) is 0 Å². The largest absolute Gasteiger partial charge is 0.374 e. The molecule has 6 heteroatoms. The Kier molecular flexibility index (Phi) is 5.51. The molecule has 2 rings (SSSR count). The Morgan fingerprint density at radius 1 is 1.45 bits per heavy atom. The van der Waals surface area contributed by atoms with Gasteiger partial charge in [-0.15, -0.1) is 0 Å². The lowest BCUT2D eigenvalue weighted by Gasteiger charge is -2.36. The van der Waals surface area contributed by atoms with Gasteiger partial charge in [-0.3, -0.25) is 16.0 Å². The maximum atomic E-state index is 6.09. The molecule has 0 bridgehead atoms. The Morgan fingerprint density at radius 2 is 2.20 bits per heavy atom. The van der Waals surface area contributed by atoms with Crippen molar-refractivity contribution in [3.05, 3.63) is 12.2 Å². The first-order valence-corrected chi connectivity index (χ1v) is 7.72. The molecule has 1 aliphatic carbocycles. The van der Waals surface area contributed by atoms with Crippen molar-refractivity contribution in [1.82, 2.24) is 20.2 Å². The Bertz CT molecular complexity index is 400. The van der Waals surface area contributed by atoms with Gasteiger partial charge in [-0.25, -0.2) is 4.98 Å². The Morgan fingerprint density at radius 3 is 2.80 bits per heavy atom. The average molecular weight is 281 g/mol. The number of ether oxygens (including phenoxy) is 1. The van der Waals surface area contributed by atoms with E-state index in [-0.39, 0.29) is 11.6 Å². The van der Waals surface area contributed by atoms with Crippen LogP contribution in [0.2, 0.25) is 0 Å². The molecule has 1 aliphatic rings. The molecule has 0 saturated heterocycles. The van der Waals surface area contributed by atoms with Crippen LogP contribution in [0.25, 0.3) is 0 Å². The Balaban J connectivity index is 2.12. The third-order valence-electron chi connectivity index (χ3n) is 4.24. The van der Waals surface area contributed by atoms with E-state index in [1.54, 1.807) is 6.33 Å². The summed E-state index contributed by atoms with van der Waals surface area (Å²) in [4.78, 5) is 4.39. The molecule has 0 aliphatic heterocycles. The van der Waals surface area contributed by atoms with Crippen LogP contribution in [0, 0.1) is 0 Å². The minimum Gasteiger partial charge on any atom is -0.374 e. The number of hydrazine groups is 1. The molecule has 0 aromatic carbocycles. The van der Waals surface area contributed by atoms with E-state index < -0.39 is 0 Å². The average Bonchev–Trinajstić information content (AvgIpc) is 3.07. The van der Waals surface area contributed by atoms with Crippen molar-refractivity contribution < 1.29 is 4.74 Å². The third-order valence-corrected chi connectivity index (χ3v) is 4.24. The molecule has 20 heavy (non-hydrogen) atoms. The van der Waals surface area contributed by atoms with Crippen LogP contribution in [-0.2, 0) is 17.7 Å². The van der Waals surface area contributed by atoms with Gasteiger partial charge in [-0.2, -0.15) is 5.10 Å². The van der Waals surface area contributed by atoms with Gasteiger partial charge in [0.1, 0.15) is 12.2 Å². The number of nitrogens with two attached hydrogens (primary N) is 1. The van der Waals surface area contributed by atoms with Crippen LogP contribution in [0.4, 0.5) is 0 Å². The SMILES string of the molecule is CCCn1ncnc1CC(NN)C1(OCC)CCCC1. The molecule has 0 amide bonds. The number of nitrogens with one attached hydrogen (secondary N) is 1. The summed E-state index contributed by atoms with van der Waals surface area (Å²) >= 11 is 0. The van der Waals surface area contributed by atoms with Gasteiger partial charge >= 0.3 is 0 Å². The minimum absolute atomic E-state index is 0.0877. The van der Waals surface area contributed by atoms with E-state index in [4.69, 9.17) is 10.6 Å². The topological polar surface area (TPSA) is 78.0 Å². The summed E-state index contributed by atoms with van der Waals surface area (Å²) in [6.07, 6.45) is 7.99. The third kappa shape index (κ3) is 3.19. The molecule has 3 N–H and O–H groups in total. The zero-order valence-electron chi connectivity index (χ0n) is 12.6. The number of nitrogens with zero attached hydrogens (tertiary/aromatic N) is 3. The monoisotopic (exact) mass is 281 g/mol.